The van der Waals surface area contributed by atoms with Crippen molar-refractivity contribution in [1.82, 2.24) is 14.1 Å². The van der Waals surface area contributed by atoms with Gasteiger partial charge in [0.15, 0.2) is 12.1 Å². The number of para-hydroxylation sites is 2. The molecule has 32 heavy (non-hydrogen) atoms. The van der Waals surface area contributed by atoms with Gasteiger partial charge in [-0.05, 0) is 63.2 Å². The van der Waals surface area contributed by atoms with Gasteiger partial charge < -0.3 is 15.0 Å². The Balaban J connectivity index is 1.59. The Bertz CT molecular complexity index is 1360. The van der Waals surface area contributed by atoms with Crippen LogP contribution in [-0.2, 0) is 4.74 Å². The molecular formula is C24H24N6O2. The van der Waals surface area contributed by atoms with E-state index in [1.807, 2.05) is 36.4 Å². The quantitative estimate of drug-likeness (QED) is 0.480. The summed E-state index contributed by atoms with van der Waals surface area (Å²) in [5.41, 5.74) is 12.6. The maximum atomic E-state index is 12.0. The van der Waals surface area contributed by atoms with Gasteiger partial charge in [-0.15, -0.1) is 0 Å². The molecule has 5 rings (SSSR count). The number of carbonyl (C=O) groups excluding carboxylic acids is 1. The molecule has 0 spiro atoms. The van der Waals surface area contributed by atoms with Crippen molar-refractivity contribution in [3.05, 3.63) is 77.1 Å². The van der Waals surface area contributed by atoms with E-state index >= 15 is 0 Å². The van der Waals surface area contributed by atoms with Crippen LogP contribution in [0.2, 0.25) is 0 Å². The Labute approximate surface area is 185 Å². The third-order valence-corrected chi connectivity index (χ3v) is 5.73. The Morgan fingerprint density at radius 3 is 2.66 bits per heavy atom. The first kappa shape index (κ1) is 19.9. The average molecular weight is 428 g/mol. The SMILES string of the molecule is CCOC(=O)c1ccc(-n2c(C)cc(C3N=C(N)Nc4nc5ccccc5n43)c2C)cc1. The monoisotopic (exact) mass is 428 g/mol. The van der Waals surface area contributed by atoms with Crippen molar-refractivity contribution < 1.29 is 9.53 Å². The molecule has 0 saturated heterocycles. The molecule has 0 radical (unpaired) electrons. The molecule has 4 aromatic rings. The van der Waals surface area contributed by atoms with Crippen molar-refractivity contribution in [3.8, 4) is 5.69 Å². The van der Waals surface area contributed by atoms with Crippen LogP contribution in [0.5, 0.6) is 0 Å². The molecule has 3 heterocycles. The van der Waals surface area contributed by atoms with Crippen LogP contribution in [0, 0.1) is 13.8 Å². The fraction of sp³-hybridized carbons (Fsp3) is 0.208. The van der Waals surface area contributed by atoms with Crippen LogP contribution in [0.15, 0.2) is 59.6 Å². The first-order valence-corrected chi connectivity index (χ1v) is 10.5. The van der Waals surface area contributed by atoms with Crippen LogP contribution in [0.1, 0.15) is 40.4 Å². The van der Waals surface area contributed by atoms with Crippen molar-refractivity contribution in [2.24, 2.45) is 10.7 Å². The second kappa shape index (κ2) is 7.56. The second-order valence-electron chi connectivity index (χ2n) is 7.74. The molecule has 0 amide bonds. The molecule has 1 unspecified atom stereocenters. The van der Waals surface area contributed by atoms with Crippen molar-refractivity contribution in [2.45, 2.75) is 26.9 Å². The van der Waals surface area contributed by atoms with E-state index in [0.717, 1.165) is 33.7 Å². The largest absolute Gasteiger partial charge is 0.462 e. The fourth-order valence-corrected chi connectivity index (χ4v) is 4.33. The average Bonchev–Trinajstić information content (AvgIpc) is 3.29. The number of nitrogens with zero attached hydrogens (tertiary/aromatic N) is 4. The van der Waals surface area contributed by atoms with E-state index in [-0.39, 0.29) is 12.1 Å². The molecule has 0 aliphatic carbocycles. The molecule has 0 fully saturated rings. The highest BCUT2D eigenvalue weighted by atomic mass is 16.5. The number of nitrogens with two attached hydrogens (primary N) is 1. The van der Waals surface area contributed by atoms with E-state index in [0.29, 0.717) is 24.1 Å². The number of nitrogens with one attached hydrogen (secondary N) is 1. The van der Waals surface area contributed by atoms with Crippen molar-refractivity contribution in [1.29, 1.82) is 0 Å². The minimum atomic E-state index is -0.336. The number of fused-ring (bicyclic) bond motifs is 3. The predicted molar refractivity (Wildman–Crippen MR) is 124 cm³/mol. The van der Waals surface area contributed by atoms with Gasteiger partial charge in [0.05, 0.1) is 23.2 Å². The summed E-state index contributed by atoms with van der Waals surface area (Å²) < 4.78 is 9.31. The Morgan fingerprint density at radius 2 is 1.91 bits per heavy atom. The number of carbonyl (C=O) groups is 1. The summed E-state index contributed by atoms with van der Waals surface area (Å²) >= 11 is 0. The van der Waals surface area contributed by atoms with Crippen LogP contribution in [0.25, 0.3) is 16.7 Å². The van der Waals surface area contributed by atoms with Gasteiger partial charge in [0.25, 0.3) is 0 Å². The first-order chi connectivity index (χ1) is 15.5. The zero-order chi connectivity index (χ0) is 22.4. The highest BCUT2D eigenvalue weighted by Crippen LogP contribution is 2.35. The molecule has 0 saturated carbocycles. The molecule has 1 aliphatic rings. The van der Waals surface area contributed by atoms with Gasteiger partial charge in [-0.3, -0.25) is 9.88 Å². The number of aromatic nitrogens is 3. The minimum Gasteiger partial charge on any atom is -0.462 e. The number of rotatable bonds is 4. The lowest BCUT2D eigenvalue weighted by Crippen LogP contribution is -2.31. The summed E-state index contributed by atoms with van der Waals surface area (Å²) in [6, 6.07) is 17.5. The Hall–Kier alpha value is -4.07. The highest BCUT2D eigenvalue weighted by molar-refractivity contribution is 5.94. The lowest BCUT2D eigenvalue weighted by Gasteiger charge is -2.24. The van der Waals surface area contributed by atoms with Gasteiger partial charge in [-0.25, -0.2) is 14.8 Å². The van der Waals surface area contributed by atoms with E-state index < -0.39 is 0 Å². The second-order valence-corrected chi connectivity index (χ2v) is 7.74. The standard InChI is InChI=1S/C24H24N6O2/c1-4-32-22(31)16-9-11-17(12-10-16)29-14(2)13-18(15(29)3)21-27-23(25)28-24-26-19-7-5-6-8-20(19)30(21)24/h5-13,21H,4H2,1-3H3,(H3,25,26,27,28). The highest BCUT2D eigenvalue weighted by Gasteiger charge is 2.28. The summed E-state index contributed by atoms with van der Waals surface area (Å²) in [6.07, 6.45) is -0.336. The third-order valence-electron chi connectivity index (χ3n) is 5.73. The van der Waals surface area contributed by atoms with Crippen LogP contribution in [-0.4, -0.2) is 32.7 Å². The zero-order valence-electron chi connectivity index (χ0n) is 18.2. The van der Waals surface area contributed by atoms with Crippen LogP contribution in [0.4, 0.5) is 5.95 Å². The van der Waals surface area contributed by atoms with Gasteiger partial charge in [0.2, 0.25) is 5.95 Å². The van der Waals surface area contributed by atoms with E-state index in [1.165, 1.54) is 0 Å². The van der Waals surface area contributed by atoms with Crippen molar-refractivity contribution in [3.63, 3.8) is 0 Å². The number of imidazole rings is 1. The number of hydrogen-bond acceptors (Lipinski definition) is 6. The number of aliphatic imine (C=N–C) groups is 1. The number of esters is 1. The summed E-state index contributed by atoms with van der Waals surface area (Å²) in [5.74, 6) is 0.688. The Morgan fingerprint density at radius 1 is 1.16 bits per heavy atom. The number of aryl methyl sites for hydroxylation is 1. The fourth-order valence-electron chi connectivity index (χ4n) is 4.33. The van der Waals surface area contributed by atoms with E-state index in [1.54, 1.807) is 19.1 Å². The molecule has 2 aromatic heterocycles. The minimum absolute atomic E-state index is 0.320. The zero-order valence-corrected chi connectivity index (χ0v) is 18.2. The lowest BCUT2D eigenvalue weighted by molar-refractivity contribution is 0.0526. The third kappa shape index (κ3) is 3.11. The van der Waals surface area contributed by atoms with Crippen LogP contribution < -0.4 is 11.1 Å². The van der Waals surface area contributed by atoms with Crippen LogP contribution >= 0.6 is 0 Å². The van der Waals surface area contributed by atoms with Crippen molar-refractivity contribution in [2.75, 3.05) is 11.9 Å². The normalized spacial score (nSPS) is 15.2. The first-order valence-electron chi connectivity index (χ1n) is 10.5. The number of guanidine groups is 1. The maximum Gasteiger partial charge on any atom is 0.338 e. The molecule has 3 N–H and O–H groups in total. The Kier molecular flexibility index (Phi) is 4.70. The van der Waals surface area contributed by atoms with Gasteiger partial charge in [0, 0.05) is 22.6 Å². The number of benzene rings is 2. The van der Waals surface area contributed by atoms with Gasteiger partial charge in [-0.1, -0.05) is 12.1 Å². The summed E-state index contributed by atoms with van der Waals surface area (Å²) in [5, 5.41) is 3.08. The molecule has 8 nitrogen and oxygen atoms in total. The molecule has 0 bridgehead atoms. The maximum absolute atomic E-state index is 12.0. The molecule has 1 atom stereocenters. The summed E-state index contributed by atoms with van der Waals surface area (Å²) in [7, 11) is 0. The molecule has 162 valence electrons. The topological polar surface area (TPSA) is 99.5 Å². The van der Waals surface area contributed by atoms with Crippen molar-refractivity contribution >= 4 is 28.9 Å². The van der Waals surface area contributed by atoms with Crippen LogP contribution in [0.3, 0.4) is 0 Å². The lowest BCUT2D eigenvalue weighted by atomic mass is 10.1. The number of anilines is 1. The molecule has 8 heteroatoms. The van der Waals surface area contributed by atoms with E-state index in [2.05, 4.69) is 39.3 Å². The van der Waals surface area contributed by atoms with E-state index in [4.69, 9.17) is 15.5 Å². The molecule has 2 aromatic carbocycles. The van der Waals surface area contributed by atoms with Gasteiger partial charge in [-0.2, -0.15) is 0 Å². The number of ether oxygens (including phenoxy) is 1. The van der Waals surface area contributed by atoms with Gasteiger partial charge >= 0.3 is 5.97 Å². The van der Waals surface area contributed by atoms with E-state index in [9.17, 15) is 4.79 Å². The number of hydrogen-bond donors (Lipinski definition) is 2. The summed E-state index contributed by atoms with van der Waals surface area (Å²) in [4.78, 5) is 21.4. The predicted octanol–water partition coefficient (Wildman–Crippen LogP) is 3.91. The molecular weight excluding hydrogens is 404 g/mol. The summed E-state index contributed by atoms with van der Waals surface area (Å²) in [6.45, 7) is 6.26. The van der Waals surface area contributed by atoms with Gasteiger partial charge in [0.1, 0.15) is 0 Å². The smallest absolute Gasteiger partial charge is 0.338 e. The molecule has 1 aliphatic heterocycles.